The monoisotopic (exact) mass is 353 g/mol. The second-order valence-corrected chi connectivity index (χ2v) is 5.57. The maximum atomic E-state index is 13.2. The van der Waals surface area contributed by atoms with Crippen LogP contribution in [0.15, 0.2) is 54.6 Å². The molecule has 0 radical (unpaired) electrons. The van der Waals surface area contributed by atoms with Crippen molar-refractivity contribution in [2.24, 2.45) is 0 Å². The molecule has 2 aromatic carbocycles. The highest BCUT2D eigenvalue weighted by Crippen LogP contribution is 2.38. The van der Waals surface area contributed by atoms with Gasteiger partial charge in [0.15, 0.2) is 0 Å². The number of carbonyl (C=O) groups is 1. The van der Waals surface area contributed by atoms with Gasteiger partial charge in [0.25, 0.3) is 0 Å². The summed E-state index contributed by atoms with van der Waals surface area (Å²) >= 11 is 5.83. The van der Waals surface area contributed by atoms with E-state index >= 15 is 0 Å². The van der Waals surface area contributed by atoms with Crippen molar-refractivity contribution in [3.05, 3.63) is 70.8 Å². The van der Waals surface area contributed by atoms with E-state index in [2.05, 4.69) is 0 Å². The van der Waals surface area contributed by atoms with Gasteiger partial charge in [-0.25, -0.2) is 9.86 Å². The highest BCUT2D eigenvalue weighted by atomic mass is 35.5. The molecule has 1 aliphatic rings. The summed E-state index contributed by atoms with van der Waals surface area (Å²) in [7, 11) is 0. The molecular weight excluding hydrogens is 343 g/mol. The van der Waals surface area contributed by atoms with Crippen LogP contribution in [0.1, 0.15) is 11.1 Å². The molecule has 24 heavy (non-hydrogen) atoms. The number of rotatable bonds is 2. The third-order valence-corrected chi connectivity index (χ3v) is 3.75. The topological polar surface area (TPSA) is 29.5 Å². The zero-order valence-electron chi connectivity index (χ0n) is 12.2. The van der Waals surface area contributed by atoms with E-state index in [4.69, 9.17) is 16.4 Å². The Labute approximate surface area is 140 Å². The van der Waals surface area contributed by atoms with E-state index in [9.17, 15) is 18.0 Å². The third kappa shape index (κ3) is 3.38. The highest BCUT2D eigenvalue weighted by Gasteiger charge is 2.36. The fourth-order valence-electron chi connectivity index (χ4n) is 2.41. The van der Waals surface area contributed by atoms with Crippen molar-refractivity contribution >= 4 is 28.8 Å². The fourth-order valence-corrected chi connectivity index (χ4v) is 2.54. The number of carbonyl (C=O) groups excluding carboxylic acids is 1. The second kappa shape index (κ2) is 6.20. The molecule has 7 heteroatoms. The summed E-state index contributed by atoms with van der Waals surface area (Å²) in [5, 5.41) is 1.48. The lowest BCUT2D eigenvalue weighted by atomic mass is 10.0. The minimum atomic E-state index is -4.55. The van der Waals surface area contributed by atoms with Crippen LogP contribution in [0.5, 0.6) is 0 Å². The summed E-state index contributed by atoms with van der Waals surface area (Å²) in [6, 6.07) is 11.6. The van der Waals surface area contributed by atoms with Crippen LogP contribution >= 0.6 is 11.6 Å². The minimum Gasteiger partial charge on any atom is -0.336 e. The Kier molecular flexibility index (Phi) is 4.24. The Balaban J connectivity index is 1.96. The van der Waals surface area contributed by atoms with Crippen LogP contribution in [0.3, 0.4) is 0 Å². The summed E-state index contributed by atoms with van der Waals surface area (Å²) in [6.07, 6.45) is -3.29. The SMILES string of the molecule is O=C1C=C(c2ccc(Cl)cc2)CN(c2ccccc2C(F)(F)F)O1. The first-order valence-electron chi connectivity index (χ1n) is 6.97. The molecule has 3 rings (SSSR count). The van der Waals surface area contributed by atoms with Crippen LogP contribution < -0.4 is 5.06 Å². The summed E-state index contributed by atoms with van der Waals surface area (Å²) in [5.41, 5.74) is 0.151. The van der Waals surface area contributed by atoms with Gasteiger partial charge in [-0.05, 0) is 35.4 Å². The lowest BCUT2D eigenvalue weighted by Gasteiger charge is -2.29. The van der Waals surface area contributed by atoms with Gasteiger partial charge in [0.05, 0.1) is 17.8 Å². The van der Waals surface area contributed by atoms with E-state index in [0.717, 1.165) is 11.1 Å². The molecule has 0 aromatic heterocycles. The Morgan fingerprint density at radius 3 is 2.38 bits per heavy atom. The Bertz CT molecular complexity index is 800. The minimum absolute atomic E-state index is 0.000462. The van der Waals surface area contributed by atoms with E-state index in [1.165, 1.54) is 24.3 Å². The average Bonchev–Trinajstić information content (AvgIpc) is 2.54. The molecule has 0 atom stereocenters. The summed E-state index contributed by atoms with van der Waals surface area (Å²) in [6.45, 7) is 0.000462. The molecule has 2 aromatic rings. The maximum Gasteiger partial charge on any atom is 0.418 e. The predicted octanol–water partition coefficient (Wildman–Crippen LogP) is 4.72. The van der Waals surface area contributed by atoms with Crippen LogP contribution in [0.4, 0.5) is 18.9 Å². The number of hydroxylamine groups is 1. The molecule has 1 aliphatic heterocycles. The van der Waals surface area contributed by atoms with Gasteiger partial charge in [-0.1, -0.05) is 35.9 Å². The van der Waals surface area contributed by atoms with Crippen LogP contribution in [-0.4, -0.2) is 12.5 Å². The molecule has 0 amide bonds. The molecule has 0 saturated carbocycles. The van der Waals surface area contributed by atoms with E-state index in [-0.39, 0.29) is 12.2 Å². The number of benzene rings is 2. The van der Waals surface area contributed by atoms with E-state index in [1.54, 1.807) is 24.3 Å². The lowest BCUT2D eigenvalue weighted by Crippen LogP contribution is -2.33. The molecule has 0 aliphatic carbocycles. The van der Waals surface area contributed by atoms with Crippen LogP contribution in [0.25, 0.3) is 5.57 Å². The number of halogens is 4. The number of hydrogen-bond acceptors (Lipinski definition) is 3. The summed E-state index contributed by atoms with van der Waals surface area (Å²) in [5.74, 6) is -0.733. The van der Waals surface area contributed by atoms with Crippen molar-refractivity contribution in [3.63, 3.8) is 0 Å². The first kappa shape index (κ1) is 16.4. The van der Waals surface area contributed by atoms with Gasteiger partial charge in [-0.15, -0.1) is 0 Å². The Hall–Kier alpha value is -2.47. The highest BCUT2D eigenvalue weighted by molar-refractivity contribution is 6.30. The van der Waals surface area contributed by atoms with Crippen LogP contribution in [0.2, 0.25) is 5.02 Å². The van der Waals surface area contributed by atoms with Crippen molar-refractivity contribution < 1.29 is 22.8 Å². The van der Waals surface area contributed by atoms with Crippen molar-refractivity contribution in [2.75, 3.05) is 11.6 Å². The standard InChI is InChI=1S/C17H11ClF3NO2/c18-13-7-5-11(6-8-13)12-9-16(23)24-22(10-12)15-4-2-1-3-14(15)17(19,20)21/h1-9H,10H2. The predicted molar refractivity (Wildman–Crippen MR) is 84.3 cm³/mol. The number of alkyl halides is 3. The number of hydrogen-bond donors (Lipinski definition) is 0. The molecule has 1 heterocycles. The molecule has 0 unspecified atom stereocenters. The summed E-state index contributed by atoms with van der Waals surface area (Å²) < 4.78 is 39.5. The molecular formula is C17H11ClF3NO2. The molecule has 0 N–H and O–H groups in total. The molecule has 0 spiro atoms. The normalized spacial score (nSPS) is 15.1. The zero-order valence-corrected chi connectivity index (χ0v) is 12.9. The van der Waals surface area contributed by atoms with Gasteiger partial charge in [0, 0.05) is 11.1 Å². The second-order valence-electron chi connectivity index (χ2n) is 5.14. The van der Waals surface area contributed by atoms with Crippen molar-refractivity contribution in [1.29, 1.82) is 0 Å². The quantitative estimate of drug-likeness (QED) is 0.782. The van der Waals surface area contributed by atoms with E-state index in [0.29, 0.717) is 16.2 Å². The van der Waals surface area contributed by atoms with Gasteiger partial charge >= 0.3 is 12.1 Å². The maximum absolute atomic E-state index is 13.2. The van der Waals surface area contributed by atoms with Gasteiger partial charge < -0.3 is 4.84 Å². The van der Waals surface area contributed by atoms with Gasteiger partial charge in [-0.2, -0.15) is 13.2 Å². The molecule has 0 bridgehead atoms. The molecule has 124 valence electrons. The molecule has 3 nitrogen and oxygen atoms in total. The molecule has 0 fully saturated rings. The summed E-state index contributed by atoms with van der Waals surface area (Å²) in [4.78, 5) is 16.8. The third-order valence-electron chi connectivity index (χ3n) is 3.50. The number of anilines is 1. The smallest absolute Gasteiger partial charge is 0.336 e. The Morgan fingerprint density at radius 2 is 1.71 bits per heavy atom. The van der Waals surface area contributed by atoms with Crippen LogP contribution in [0, 0.1) is 0 Å². The first-order chi connectivity index (χ1) is 11.3. The largest absolute Gasteiger partial charge is 0.418 e. The van der Waals surface area contributed by atoms with E-state index < -0.39 is 17.7 Å². The van der Waals surface area contributed by atoms with Crippen molar-refractivity contribution in [3.8, 4) is 0 Å². The number of nitrogens with zero attached hydrogens (tertiary/aromatic N) is 1. The average molecular weight is 354 g/mol. The Morgan fingerprint density at radius 1 is 1.04 bits per heavy atom. The van der Waals surface area contributed by atoms with E-state index in [1.807, 2.05) is 0 Å². The zero-order chi connectivity index (χ0) is 17.3. The first-order valence-corrected chi connectivity index (χ1v) is 7.34. The van der Waals surface area contributed by atoms with Crippen LogP contribution in [-0.2, 0) is 15.8 Å². The molecule has 0 saturated heterocycles. The lowest BCUT2D eigenvalue weighted by molar-refractivity contribution is -0.143. The van der Waals surface area contributed by atoms with Crippen molar-refractivity contribution in [1.82, 2.24) is 0 Å². The van der Waals surface area contributed by atoms with Gasteiger partial charge in [-0.3, -0.25) is 0 Å². The van der Waals surface area contributed by atoms with Gasteiger partial charge in [0.1, 0.15) is 0 Å². The van der Waals surface area contributed by atoms with Crippen molar-refractivity contribution in [2.45, 2.75) is 6.18 Å². The number of para-hydroxylation sites is 1. The fraction of sp³-hybridized carbons (Fsp3) is 0.118. The van der Waals surface area contributed by atoms with Gasteiger partial charge in [0.2, 0.25) is 0 Å².